The molecule has 0 fully saturated rings. The lowest BCUT2D eigenvalue weighted by Gasteiger charge is -2.31. The molecule has 1 amide bonds. The average molecular weight is 359 g/mol. The normalized spacial score (nSPS) is 16.4. The fourth-order valence-electron chi connectivity index (χ4n) is 2.92. The fourth-order valence-corrected chi connectivity index (χ4v) is 2.92. The molecule has 0 radical (unpaired) electrons. The van der Waals surface area contributed by atoms with E-state index in [0.29, 0.717) is 53.3 Å². The van der Waals surface area contributed by atoms with E-state index in [0.717, 1.165) is 12.8 Å². The number of nitrogens with two attached hydrogens (primary N) is 2. The molecular formula is C19H29N5O2. The number of ether oxygens (including phenoxy) is 1. The Morgan fingerprint density at radius 1 is 1.31 bits per heavy atom. The fraction of sp³-hybridized carbons (Fsp3) is 0.474. The molecule has 0 saturated heterocycles. The number of anilines is 1. The Hall–Kier alpha value is -2.70. The summed E-state index contributed by atoms with van der Waals surface area (Å²) in [5.41, 5.74) is 13.9. The van der Waals surface area contributed by atoms with Crippen LogP contribution in [0, 0.1) is 5.92 Å². The summed E-state index contributed by atoms with van der Waals surface area (Å²) >= 11 is 0. The zero-order valence-electron chi connectivity index (χ0n) is 16.0. The van der Waals surface area contributed by atoms with E-state index in [4.69, 9.17) is 16.2 Å². The summed E-state index contributed by atoms with van der Waals surface area (Å²) in [7, 11) is 0. The van der Waals surface area contributed by atoms with Crippen molar-refractivity contribution in [3.63, 3.8) is 0 Å². The summed E-state index contributed by atoms with van der Waals surface area (Å²) < 4.78 is 5.67. The highest BCUT2D eigenvalue weighted by Gasteiger charge is 2.29. The number of allylic oxidation sites excluding steroid dienone is 1. The molecule has 1 aromatic rings. The van der Waals surface area contributed by atoms with Crippen LogP contribution in [-0.4, -0.2) is 29.9 Å². The van der Waals surface area contributed by atoms with Crippen LogP contribution in [0.25, 0.3) is 0 Å². The summed E-state index contributed by atoms with van der Waals surface area (Å²) in [5.74, 6) is 1.18. The van der Waals surface area contributed by atoms with Gasteiger partial charge in [-0.2, -0.15) is 5.10 Å². The Morgan fingerprint density at radius 3 is 2.58 bits per heavy atom. The first-order valence-corrected chi connectivity index (χ1v) is 9.07. The van der Waals surface area contributed by atoms with Crippen molar-refractivity contribution in [3.05, 3.63) is 35.2 Å². The zero-order valence-corrected chi connectivity index (χ0v) is 16.0. The number of carbonyl (C=O) groups excluding carboxylic acids is 1. The zero-order chi connectivity index (χ0) is 19.3. The molecule has 0 atom stereocenters. The Balaban J connectivity index is 2.51. The molecule has 0 saturated carbocycles. The molecule has 0 aromatic heterocycles. The molecule has 1 aliphatic rings. The number of nitrogens with zero attached hydrogens (tertiary/aromatic N) is 2. The second-order valence-corrected chi connectivity index (χ2v) is 6.39. The van der Waals surface area contributed by atoms with E-state index < -0.39 is 0 Å². The van der Waals surface area contributed by atoms with E-state index in [1.807, 2.05) is 6.92 Å². The Labute approximate surface area is 155 Å². The van der Waals surface area contributed by atoms with Crippen LogP contribution in [0.15, 0.2) is 34.7 Å². The molecule has 26 heavy (non-hydrogen) atoms. The van der Waals surface area contributed by atoms with Crippen molar-refractivity contribution >= 4 is 17.4 Å². The van der Waals surface area contributed by atoms with Gasteiger partial charge in [0.25, 0.3) is 5.91 Å². The predicted molar refractivity (Wildman–Crippen MR) is 104 cm³/mol. The number of nitrogen functional groups attached to an aromatic ring is 1. The Kier molecular flexibility index (Phi) is 6.49. The number of amides is 1. The molecule has 1 aliphatic heterocycles. The van der Waals surface area contributed by atoms with Gasteiger partial charge in [0.15, 0.2) is 5.84 Å². The van der Waals surface area contributed by atoms with Gasteiger partial charge in [-0.3, -0.25) is 9.80 Å². The lowest BCUT2D eigenvalue weighted by atomic mass is 10.0. The van der Waals surface area contributed by atoms with Crippen molar-refractivity contribution in [2.45, 2.75) is 40.5 Å². The van der Waals surface area contributed by atoms with Crippen molar-refractivity contribution in [1.29, 1.82) is 0 Å². The second-order valence-electron chi connectivity index (χ2n) is 6.39. The van der Waals surface area contributed by atoms with Gasteiger partial charge < -0.3 is 21.5 Å². The molecule has 0 aliphatic carbocycles. The van der Waals surface area contributed by atoms with Crippen molar-refractivity contribution in [3.8, 4) is 5.75 Å². The van der Waals surface area contributed by atoms with Crippen LogP contribution in [0.2, 0.25) is 0 Å². The van der Waals surface area contributed by atoms with Crippen LogP contribution in [-0.2, 0) is 4.79 Å². The number of nitrogens with one attached hydrogen (secondary N) is 1. The summed E-state index contributed by atoms with van der Waals surface area (Å²) in [6.45, 7) is 9.00. The van der Waals surface area contributed by atoms with Crippen molar-refractivity contribution < 1.29 is 9.53 Å². The van der Waals surface area contributed by atoms with Crippen molar-refractivity contribution in [2.24, 2.45) is 16.8 Å². The third-order valence-electron chi connectivity index (χ3n) is 4.44. The highest BCUT2D eigenvalue weighted by atomic mass is 16.5. The van der Waals surface area contributed by atoms with Gasteiger partial charge in [0.1, 0.15) is 11.4 Å². The summed E-state index contributed by atoms with van der Waals surface area (Å²) in [6, 6.07) is 5.30. The minimum Gasteiger partial charge on any atom is -0.493 e. The highest BCUT2D eigenvalue weighted by molar-refractivity contribution is 6.15. The maximum Gasteiger partial charge on any atom is 0.276 e. The van der Waals surface area contributed by atoms with Crippen LogP contribution in [0.5, 0.6) is 5.75 Å². The number of hydrazone groups is 1. The SMILES string of the molecule is CCOc1ccc(N)cc1C1=NN(CC(CC)CC)/C(=C(/C)N)C(=O)N1. The molecule has 5 N–H and O–H groups in total. The number of rotatable bonds is 7. The largest absolute Gasteiger partial charge is 0.493 e. The van der Waals surface area contributed by atoms with Gasteiger partial charge in [-0.05, 0) is 38.0 Å². The van der Waals surface area contributed by atoms with E-state index in [-0.39, 0.29) is 5.91 Å². The van der Waals surface area contributed by atoms with Gasteiger partial charge >= 0.3 is 0 Å². The average Bonchev–Trinajstić information content (AvgIpc) is 2.60. The lowest BCUT2D eigenvalue weighted by Crippen LogP contribution is -2.46. The van der Waals surface area contributed by atoms with Crippen LogP contribution >= 0.6 is 0 Å². The van der Waals surface area contributed by atoms with Gasteiger partial charge in [0.2, 0.25) is 0 Å². The Morgan fingerprint density at radius 2 is 2.00 bits per heavy atom. The van der Waals surface area contributed by atoms with Crippen LogP contribution in [0.1, 0.15) is 46.1 Å². The third kappa shape index (κ3) is 4.28. The van der Waals surface area contributed by atoms with E-state index in [1.165, 1.54) is 0 Å². The molecule has 1 heterocycles. The van der Waals surface area contributed by atoms with E-state index in [1.54, 1.807) is 30.1 Å². The quantitative estimate of drug-likeness (QED) is 0.512. The molecule has 1 aromatic carbocycles. The number of amidine groups is 1. The van der Waals surface area contributed by atoms with E-state index in [2.05, 4.69) is 24.3 Å². The predicted octanol–water partition coefficient (Wildman–Crippen LogP) is 2.39. The highest BCUT2D eigenvalue weighted by Crippen LogP contribution is 2.25. The monoisotopic (exact) mass is 359 g/mol. The second kappa shape index (κ2) is 8.60. The first-order chi connectivity index (χ1) is 12.4. The molecule has 7 nitrogen and oxygen atoms in total. The minimum absolute atomic E-state index is 0.272. The standard InChI is InChI=1S/C19H29N5O2/c1-5-13(6-2)11-24-17(12(4)20)19(25)22-18(23-24)15-10-14(21)8-9-16(15)26-7-3/h8-10,13H,5-7,11,20-21H2,1-4H3,(H,22,23,25)/b17-12-. The number of hydrogen-bond donors (Lipinski definition) is 3. The van der Waals surface area contributed by atoms with Gasteiger partial charge in [0.05, 0.1) is 12.2 Å². The molecule has 0 spiro atoms. The number of benzene rings is 1. The lowest BCUT2D eigenvalue weighted by molar-refractivity contribution is -0.118. The van der Waals surface area contributed by atoms with Gasteiger partial charge in [-0.1, -0.05) is 26.7 Å². The van der Waals surface area contributed by atoms with Crippen LogP contribution in [0.4, 0.5) is 5.69 Å². The number of hydrogen-bond acceptors (Lipinski definition) is 6. The van der Waals surface area contributed by atoms with Crippen molar-refractivity contribution in [1.82, 2.24) is 10.3 Å². The van der Waals surface area contributed by atoms with Gasteiger partial charge in [-0.15, -0.1) is 0 Å². The van der Waals surface area contributed by atoms with Gasteiger partial charge in [0, 0.05) is 17.9 Å². The summed E-state index contributed by atoms with van der Waals surface area (Å²) in [4.78, 5) is 12.7. The Bertz CT molecular complexity index is 719. The maximum absolute atomic E-state index is 12.7. The first-order valence-electron chi connectivity index (χ1n) is 9.07. The first kappa shape index (κ1) is 19.6. The molecular weight excluding hydrogens is 330 g/mol. The summed E-state index contributed by atoms with van der Waals surface area (Å²) in [6.07, 6.45) is 2.00. The summed E-state index contributed by atoms with van der Waals surface area (Å²) in [5, 5.41) is 9.20. The van der Waals surface area contributed by atoms with E-state index in [9.17, 15) is 4.79 Å². The molecule has 142 valence electrons. The maximum atomic E-state index is 12.7. The third-order valence-corrected chi connectivity index (χ3v) is 4.44. The van der Waals surface area contributed by atoms with Gasteiger partial charge in [-0.25, -0.2) is 0 Å². The van der Waals surface area contributed by atoms with E-state index >= 15 is 0 Å². The number of carbonyl (C=O) groups is 1. The minimum atomic E-state index is -0.272. The smallest absolute Gasteiger partial charge is 0.276 e. The topological polar surface area (TPSA) is 106 Å². The van der Waals surface area contributed by atoms with Crippen LogP contribution < -0.4 is 21.5 Å². The van der Waals surface area contributed by atoms with Crippen molar-refractivity contribution in [2.75, 3.05) is 18.9 Å². The van der Waals surface area contributed by atoms with Crippen LogP contribution in [0.3, 0.4) is 0 Å². The molecule has 0 bridgehead atoms. The molecule has 7 heteroatoms. The molecule has 2 rings (SSSR count). The molecule has 0 unspecified atom stereocenters.